The standard InChI is InChI=1S/C40H48N8O7/c1-23(2)34(46(3)40(52)53)38(50)48-18-6-8-32(48)36-42-20-30(44-36)27-15-11-25(12-16-27)24-9-13-26(14-10-24)29-19-41-35(43-29)31-7-5-17-47(31)37(49)33(28-21-55-22-28)45-39(51)54-4/h9-16,19-20,23,28,31-34H,5-8,17-18,21-22H2,1-4H3,(H,41,43)(H,42,44)(H,45,51)(H,52,53)/t31-,32-,33+,34-/m0/s1. The Balaban J connectivity index is 1.00. The number of carbonyl (C=O) groups is 4. The number of amides is 4. The maximum absolute atomic E-state index is 13.7. The Bertz CT molecular complexity index is 2010. The van der Waals surface area contributed by atoms with Crippen LogP contribution in [0.2, 0.25) is 0 Å². The highest BCUT2D eigenvalue weighted by Crippen LogP contribution is 2.36. The zero-order chi connectivity index (χ0) is 38.8. The molecule has 0 bridgehead atoms. The smallest absolute Gasteiger partial charge is 0.407 e. The van der Waals surface area contributed by atoms with Crippen LogP contribution in [0.15, 0.2) is 60.9 Å². The summed E-state index contributed by atoms with van der Waals surface area (Å²) < 4.78 is 10.1. The van der Waals surface area contributed by atoms with Crippen LogP contribution in [-0.2, 0) is 19.1 Å². The molecule has 4 aromatic rings. The van der Waals surface area contributed by atoms with Crippen molar-refractivity contribution >= 4 is 24.0 Å². The van der Waals surface area contributed by atoms with Gasteiger partial charge in [0.15, 0.2) is 0 Å². The van der Waals surface area contributed by atoms with Crippen LogP contribution in [0.5, 0.6) is 0 Å². The van der Waals surface area contributed by atoms with Crippen molar-refractivity contribution in [3.8, 4) is 33.6 Å². The van der Waals surface area contributed by atoms with Gasteiger partial charge in [0.2, 0.25) is 11.8 Å². The first-order valence-electron chi connectivity index (χ1n) is 18.8. The second kappa shape index (κ2) is 16.0. The molecule has 3 saturated heterocycles. The van der Waals surface area contributed by atoms with E-state index in [0.717, 1.165) is 64.2 Å². The van der Waals surface area contributed by atoms with Crippen molar-refractivity contribution < 1.29 is 33.8 Å². The first kappa shape index (κ1) is 37.6. The molecule has 4 N–H and O–H groups in total. The molecule has 4 atom stereocenters. The van der Waals surface area contributed by atoms with Gasteiger partial charge in [-0.25, -0.2) is 19.6 Å². The lowest BCUT2D eigenvalue weighted by atomic mass is 9.96. The zero-order valence-corrected chi connectivity index (χ0v) is 31.5. The number of alkyl carbamates (subject to hydrolysis) is 1. The molecule has 3 fully saturated rings. The van der Waals surface area contributed by atoms with Crippen molar-refractivity contribution in [2.45, 2.75) is 63.7 Å². The molecule has 290 valence electrons. The highest BCUT2D eigenvalue weighted by Gasteiger charge is 2.42. The van der Waals surface area contributed by atoms with Gasteiger partial charge in [0.1, 0.15) is 23.7 Å². The number of hydrogen-bond donors (Lipinski definition) is 4. The summed E-state index contributed by atoms with van der Waals surface area (Å²) >= 11 is 0. The maximum atomic E-state index is 13.7. The molecule has 15 nitrogen and oxygen atoms in total. The average Bonchev–Trinajstić information content (AvgIpc) is 4.00. The van der Waals surface area contributed by atoms with Gasteiger partial charge < -0.3 is 39.7 Å². The number of aromatic amines is 2. The van der Waals surface area contributed by atoms with Gasteiger partial charge in [0.25, 0.3) is 0 Å². The molecular formula is C40H48N8O7. The van der Waals surface area contributed by atoms with E-state index >= 15 is 0 Å². The lowest BCUT2D eigenvalue weighted by Gasteiger charge is -2.36. The first-order valence-corrected chi connectivity index (χ1v) is 18.8. The number of imidazole rings is 2. The molecule has 0 saturated carbocycles. The van der Waals surface area contributed by atoms with Gasteiger partial charge in [-0.05, 0) is 53.9 Å². The number of likely N-dealkylation sites (tertiary alicyclic amines) is 2. The van der Waals surface area contributed by atoms with E-state index in [4.69, 9.17) is 9.47 Å². The maximum Gasteiger partial charge on any atom is 0.407 e. The highest BCUT2D eigenvalue weighted by atomic mass is 16.5. The largest absolute Gasteiger partial charge is 0.465 e. The van der Waals surface area contributed by atoms with E-state index in [9.17, 15) is 24.3 Å². The first-order chi connectivity index (χ1) is 26.5. The zero-order valence-electron chi connectivity index (χ0n) is 31.5. The summed E-state index contributed by atoms with van der Waals surface area (Å²) in [5.41, 5.74) is 5.69. The van der Waals surface area contributed by atoms with Gasteiger partial charge >= 0.3 is 12.2 Å². The SMILES string of the molecule is COC(=O)N[C@@H](C(=O)N1CCC[C@H]1c1ncc(-c2ccc(-c3ccc(-c4cnc([C@@H]5CCCN5C(=O)[C@H](C(C)C)N(C)C(=O)O)[nH]4)cc3)cc2)[nH]1)C1COC1. The molecule has 0 radical (unpaired) electrons. The predicted octanol–water partition coefficient (Wildman–Crippen LogP) is 5.47. The minimum atomic E-state index is -1.13. The van der Waals surface area contributed by atoms with Crippen LogP contribution in [0.3, 0.4) is 0 Å². The summed E-state index contributed by atoms with van der Waals surface area (Å²) in [5, 5.41) is 12.3. The van der Waals surface area contributed by atoms with Gasteiger partial charge in [-0.1, -0.05) is 62.4 Å². The Labute approximate surface area is 319 Å². The van der Waals surface area contributed by atoms with Crippen LogP contribution in [0.25, 0.3) is 33.6 Å². The summed E-state index contributed by atoms with van der Waals surface area (Å²) in [4.78, 5) is 71.8. The number of ether oxygens (including phenoxy) is 2. The van der Waals surface area contributed by atoms with Crippen molar-refractivity contribution in [2.75, 3.05) is 40.5 Å². The quantitative estimate of drug-likeness (QED) is 0.154. The number of carboxylic acid groups (broad SMARTS) is 1. The number of H-pyrrole nitrogens is 2. The fourth-order valence-corrected chi connectivity index (χ4v) is 8.00. The predicted molar refractivity (Wildman–Crippen MR) is 202 cm³/mol. The van der Waals surface area contributed by atoms with Crippen molar-refractivity contribution in [1.29, 1.82) is 0 Å². The fourth-order valence-electron chi connectivity index (χ4n) is 8.00. The number of likely N-dealkylation sites (N-methyl/N-ethyl adjacent to an activating group) is 1. The molecule has 7 rings (SSSR count). The number of aromatic nitrogens is 4. The van der Waals surface area contributed by atoms with Crippen LogP contribution in [0.4, 0.5) is 9.59 Å². The van der Waals surface area contributed by atoms with E-state index < -0.39 is 24.3 Å². The summed E-state index contributed by atoms with van der Waals surface area (Å²) in [7, 11) is 2.73. The minimum absolute atomic E-state index is 0.0979. The lowest BCUT2D eigenvalue weighted by molar-refractivity contribution is -0.142. The monoisotopic (exact) mass is 752 g/mol. The number of nitrogens with one attached hydrogen (secondary N) is 3. The molecule has 2 aromatic heterocycles. The van der Waals surface area contributed by atoms with Crippen LogP contribution >= 0.6 is 0 Å². The van der Waals surface area contributed by atoms with Gasteiger partial charge in [0, 0.05) is 26.1 Å². The lowest BCUT2D eigenvalue weighted by Crippen LogP contribution is -2.56. The molecule has 0 spiro atoms. The molecular weight excluding hydrogens is 704 g/mol. The fraction of sp³-hybridized carbons (Fsp3) is 0.450. The number of hydrogen-bond acceptors (Lipinski definition) is 8. The van der Waals surface area contributed by atoms with E-state index in [1.165, 1.54) is 14.2 Å². The van der Waals surface area contributed by atoms with Gasteiger partial charge in [-0.2, -0.15) is 0 Å². The van der Waals surface area contributed by atoms with E-state index in [1.54, 1.807) is 22.2 Å². The van der Waals surface area contributed by atoms with Crippen LogP contribution < -0.4 is 5.32 Å². The molecule has 0 unspecified atom stereocenters. The Morgan fingerprint density at radius 1 is 0.818 bits per heavy atom. The van der Waals surface area contributed by atoms with Crippen molar-refractivity contribution in [1.82, 2.24) is 40.0 Å². The Kier molecular flexibility index (Phi) is 10.9. The minimum Gasteiger partial charge on any atom is -0.465 e. The number of rotatable bonds is 11. The number of benzene rings is 2. The van der Waals surface area contributed by atoms with Crippen molar-refractivity contribution in [3.63, 3.8) is 0 Å². The topological polar surface area (TPSA) is 186 Å². The molecule has 55 heavy (non-hydrogen) atoms. The Morgan fingerprint density at radius 2 is 1.29 bits per heavy atom. The van der Waals surface area contributed by atoms with E-state index in [1.807, 2.05) is 38.1 Å². The molecule has 2 aromatic carbocycles. The summed E-state index contributed by atoms with van der Waals surface area (Å²) in [6.45, 7) is 5.68. The third-order valence-electron chi connectivity index (χ3n) is 11.1. The molecule has 3 aliphatic rings. The van der Waals surface area contributed by atoms with Gasteiger partial charge in [-0.3, -0.25) is 14.5 Å². The summed E-state index contributed by atoms with van der Waals surface area (Å²) in [5.74, 6) is 0.779. The molecule has 4 amide bonds. The Morgan fingerprint density at radius 3 is 1.71 bits per heavy atom. The number of methoxy groups -OCH3 is 1. The van der Waals surface area contributed by atoms with E-state index in [0.29, 0.717) is 38.0 Å². The third kappa shape index (κ3) is 7.66. The van der Waals surface area contributed by atoms with Crippen LogP contribution in [0.1, 0.15) is 63.3 Å². The van der Waals surface area contributed by atoms with Gasteiger partial charge in [-0.15, -0.1) is 0 Å². The second-order valence-corrected chi connectivity index (χ2v) is 14.9. The highest BCUT2D eigenvalue weighted by molar-refractivity contribution is 5.87. The molecule has 3 aliphatic heterocycles. The Hall–Kier alpha value is -5.70. The summed E-state index contributed by atoms with van der Waals surface area (Å²) in [6.07, 6.45) is 4.98. The third-order valence-corrected chi connectivity index (χ3v) is 11.1. The van der Waals surface area contributed by atoms with Crippen LogP contribution in [0, 0.1) is 11.8 Å². The molecule has 0 aliphatic carbocycles. The van der Waals surface area contributed by atoms with Gasteiger partial charge in [0.05, 0.1) is 56.2 Å². The van der Waals surface area contributed by atoms with Crippen molar-refractivity contribution in [3.05, 3.63) is 72.6 Å². The number of nitrogens with zero attached hydrogens (tertiary/aromatic N) is 5. The van der Waals surface area contributed by atoms with Crippen LogP contribution in [-0.4, -0.2) is 116 Å². The second-order valence-electron chi connectivity index (χ2n) is 14.9. The molecule has 15 heteroatoms. The normalized spacial score (nSPS) is 19.6. The number of carbonyl (C=O) groups excluding carboxylic acids is 3. The van der Waals surface area contributed by atoms with Crippen molar-refractivity contribution in [2.24, 2.45) is 11.8 Å². The summed E-state index contributed by atoms with van der Waals surface area (Å²) in [6, 6.07) is 14.4. The average molecular weight is 753 g/mol. The molecule has 5 heterocycles. The van der Waals surface area contributed by atoms with E-state index in [2.05, 4.69) is 49.5 Å². The van der Waals surface area contributed by atoms with E-state index in [-0.39, 0.29) is 35.7 Å².